The first-order chi connectivity index (χ1) is 2.71. The van der Waals surface area contributed by atoms with Crippen LogP contribution in [0.25, 0.3) is 0 Å². The summed E-state index contributed by atoms with van der Waals surface area (Å²) in [4.78, 5) is 0. The zero-order valence-electron chi connectivity index (χ0n) is 5.07. The van der Waals surface area contributed by atoms with Crippen molar-refractivity contribution in [2.24, 2.45) is 0 Å². The van der Waals surface area contributed by atoms with Crippen LogP contribution in [0.1, 0.15) is 26.2 Å². The normalized spacial score (nSPS) is 24.9. The molecule has 0 aromatic heterocycles. The fourth-order valence-corrected chi connectivity index (χ4v) is 0.688. The molecule has 0 atom stereocenters. The van der Waals surface area contributed by atoms with Crippen LogP contribution in [0.3, 0.4) is 0 Å². The summed E-state index contributed by atoms with van der Waals surface area (Å²) in [5.41, 5.74) is -0.278. The Balaban J connectivity index is 0.000000360. The molecule has 1 N–H and O–H groups in total. The van der Waals surface area contributed by atoms with Crippen LogP contribution in [-0.2, 0) is 0 Å². The maximum atomic E-state index is 8.91. The second-order valence-corrected chi connectivity index (χ2v) is 2.35. The summed E-state index contributed by atoms with van der Waals surface area (Å²) in [6.45, 7) is 1.89. The molecule has 1 aliphatic rings. The van der Waals surface area contributed by atoms with Gasteiger partial charge in [0, 0.05) is 0 Å². The van der Waals surface area contributed by atoms with Crippen molar-refractivity contribution in [3.8, 4) is 0 Å². The Morgan fingerprint density at radius 3 is 1.71 bits per heavy atom. The van der Waals surface area contributed by atoms with Crippen molar-refractivity contribution < 1.29 is 34.7 Å². The minimum atomic E-state index is -0.278. The van der Waals surface area contributed by atoms with E-state index in [1.54, 1.807) is 0 Å². The van der Waals surface area contributed by atoms with Crippen LogP contribution in [0.4, 0.5) is 0 Å². The molecule has 36 valence electrons. The van der Waals surface area contributed by atoms with Crippen LogP contribution in [0.2, 0.25) is 0 Å². The van der Waals surface area contributed by atoms with E-state index in [9.17, 15) is 0 Å². The van der Waals surface area contributed by atoms with Crippen LogP contribution in [0.15, 0.2) is 0 Å². The maximum Gasteiger partial charge on any atom is 1.00 e. The molecular weight excluding hydrogens is 99.0 g/mol. The Hall–Kier alpha value is 0.960. The maximum absolute atomic E-state index is 8.91. The van der Waals surface area contributed by atoms with Crippen molar-refractivity contribution in [2.75, 3.05) is 0 Å². The molecular formula is C5H10NaO+. The van der Waals surface area contributed by atoms with E-state index in [2.05, 4.69) is 0 Å². The number of hydrogen-bond acceptors (Lipinski definition) is 1. The van der Waals surface area contributed by atoms with E-state index in [0.29, 0.717) is 0 Å². The average Bonchev–Trinajstić information content (AvgIpc) is 1.32. The van der Waals surface area contributed by atoms with Gasteiger partial charge in [-0.1, -0.05) is 0 Å². The van der Waals surface area contributed by atoms with E-state index >= 15 is 0 Å². The van der Waals surface area contributed by atoms with Crippen LogP contribution in [-0.4, -0.2) is 10.7 Å². The molecule has 2 heteroatoms. The van der Waals surface area contributed by atoms with Gasteiger partial charge in [0.05, 0.1) is 5.60 Å². The summed E-state index contributed by atoms with van der Waals surface area (Å²) in [5.74, 6) is 0. The molecule has 1 nitrogen and oxygen atoms in total. The van der Waals surface area contributed by atoms with Gasteiger partial charge in [0.15, 0.2) is 0 Å². The Bertz CT molecular complexity index is 55.1. The van der Waals surface area contributed by atoms with Crippen molar-refractivity contribution >= 4 is 0 Å². The minimum absolute atomic E-state index is 0. The standard InChI is InChI=1S/C5H10O.Na/c1-5(6)3-2-4-5;/h6H,2-4H2,1H3;/q;+1. The molecule has 1 rings (SSSR count). The van der Waals surface area contributed by atoms with Gasteiger partial charge < -0.3 is 5.11 Å². The van der Waals surface area contributed by atoms with Crippen molar-refractivity contribution in [2.45, 2.75) is 31.8 Å². The van der Waals surface area contributed by atoms with Crippen molar-refractivity contribution in [3.05, 3.63) is 0 Å². The summed E-state index contributed by atoms with van der Waals surface area (Å²) >= 11 is 0. The molecule has 0 heterocycles. The zero-order valence-corrected chi connectivity index (χ0v) is 7.07. The third-order valence-electron chi connectivity index (χ3n) is 1.43. The first-order valence-corrected chi connectivity index (χ1v) is 2.43. The van der Waals surface area contributed by atoms with Gasteiger partial charge in [-0.3, -0.25) is 0 Å². The first kappa shape index (κ1) is 7.96. The largest absolute Gasteiger partial charge is 1.00 e. The number of aliphatic hydroxyl groups is 1. The van der Waals surface area contributed by atoms with E-state index < -0.39 is 0 Å². The van der Waals surface area contributed by atoms with Crippen molar-refractivity contribution in [1.29, 1.82) is 0 Å². The number of rotatable bonds is 0. The molecule has 1 fully saturated rings. The molecule has 0 bridgehead atoms. The van der Waals surface area contributed by atoms with Crippen LogP contribution < -0.4 is 29.6 Å². The van der Waals surface area contributed by atoms with Crippen LogP contribution in [0, 0.1) is 0 Å². The summed E-state index contributed by atoms with van der Waals surface area (Å²) in [5, 5.41) is 8.91. The molecule has 0 amide bonds. The second-order valence-electron chi connectivity index (χ2n) is 2.35. The molecule has 7 heavy (non-hydrogen) atoms. The van der Waals surface area contributed by atoms with Gasteiger partial charge in [-0.15, -0.1) is 0 Å². The minimum Gasteiger partial charge on any atom is -0.390 e. The summed E-state index contributed by atoms with van der Waals surface area (Å²) in [7, 11) is 0. The molecule has 0 spiro atoms. The van der Waals surface area contributed by atoms with E-state index in [4.69, 9.17) is 5.11 Å². The molecule has 0 radical (unpaired) electrons. The predicted octanol–water partition coefficient (Wildman–Crippen LogP) is -2.07. The molecule has 0 saturated heterocycles. The molecule has 0 aliphatic heterocycles. The van der Waals surface area contributed by atoms with Crippen molar-refractivity contribution in [1.82, 2.24) is 0 Å². The smallest absolute Gasteiger partial charge is 0.390 e. The number of hydrogen-bond donors (Lipinski definition) is 1. The Kier molecular flexibility index (Phi) is 2.83. The van der Waals surface area contributed by atoms with Gasteiger partial charge in [0.25, 0.3) is 0 Å². The fourth-order valence-electron chi connectivity index (χ4n) is 0.688. The second kappa shape index (κ2) is 2.49. The molecule has 0 unspecified atom stereocenters. The van der Waals surface area contributed by atoms with Gasteiger partial charge in [-0.25, -0.2) is 0 Å². The third-order valence-corrected chi connectivity index (χ3v) is 1.43. The van der Waals surface area contributed by atoms with E-state index in [0.717, 1.165) is 12.8 Å². The van der Waals surface area contributed by atoms with E-state index in [1.165, 1.54) is 6.42 Å². The average molecular weight is 109 g/mol. The Morgan fingerprint density at radius 1 is 1.43 bits per heavy atom. The monoisotopic (exact) mass is 109 g/mol. The van der Waals surface area contributed by atoms with Crippen LogP contribution in [0.5, 0.6) is 0 Å². The summed E-state index contributed by atoms with van der Waals surface area (Å²) in [6.07, 6.45) is 3.23. The fraction of sp³-hybridized carbons (Fsp3) is 1.00. The van der Waals surface area contributed by atoms with Gasteiger partial charge in [0.2, 0.25) is 0 Å². The first-order valence-electron chi connectivity index (χ1n) is 2.43. The summed E-state index contributed by atoms with van der Waals surface area (Å²) < 4.78 is 0. The summed E-state index contributed by atoms with van der Waals surface area (Å²) in [6, 6.07) is 0. The van der Waals surface area contributed by atoms with Gasteiger partial charge in [-0.05, 0) is 26.2 Å². The quantitative estimate of drug-likeness (QED) is 0.354. The predicted molar refractivity (Wildman–Crippen MR) is 24.5 cm³/mol. The van der Waals surface area contributed by atoms with Crippen molar-refractivity contribution in [3.63, 3.8) is 0 Å². The SMILES string of the molecule is CC1(O)CCC1.[Na+]. The van der Waals surface area contributed by atoms with Gasteiger partial charge >= 0.3 is 29.6 Å². The van der Waals surface area contributed by atoms with E-state index in [-0.39, 0.29) is 35.2 Å². The molecule has 1 saturated carbocycles. The topological polar surface area (TPSA) is 20.2 Å². The van der Waals surface area contributed by atoms with Gasteiger partial charge in [-0.2, -0.15) is 0 Å². The molecule has 0 aromatic carbocycles. The Morgan fingerprint density at radius 2 is 1.71 bits per heavy atom. The molecule has 1 aliphatic carbocycles. The van der Waals surface area contributed by atoms with E-state index in [1.807, 2.05) is 6.92 Å². The Labute approximate surface area is 66.4 Å². The zero-order chi connectivity index (χ0) is 4.62. The van der Waals surface area contributed by atoms with Gasteiger partial charge in [0.1, 0.15) is 0 Å². The third kappa shape index (κ3) is 2.13. The molecule has 0 aromatic rings. The van der Waals surface area contributed by atoms with Crippen LogP contribution >= 0.6 is 0 Å².